The number of sulfonamides is 1. The van der Waals surface area contributed by atoms with Crippen molar-refractivity contribution in [1.82, 2.24) is 5.32 Å². The second-order valence-corrected chi connectivity index (χ2v) is 10.1. The van der Waals surface area contributed by atoms with E-state index >= 15 is 0 Å². The predicted octanol–water partition coefficient (Wildman–Crippen LogP) is 4.72. The van der Waals surface area contributed by atoms with E-state index in [2.05, 4.69) is 10.0 Å². The van der Waals surface area contributed by atoms with Gasteiger partial charge in [0.15, 0.2) is 0 Å². The van der Waals surface area contributed by atoms with Crippen molar-refractivity contribution in [3.63, 3.8) is 0 Å². The first-order chi connectivity index (χ1) is 14.4. The number of carbonyl (C=O) groups excluding carboxylic acids is 1. The van der Waals surface area contributed by atoms with Crippen LogP contribution in [0, 0.1) is 17.7 Å². The number of hydrogen-bond donors (Lipinski definition) is 2. The van der Waals surface area contributed by atoms with Crippen molar-refractivity contribution in [2.45, 2.75) is 55.9 Å². The molecule has 0 aliphatic heterocycles. The number of anilines is 1. The molecule has 0 bridgehead atoms. The summed E-state index contributed by atoms with van der Waals surface area (Å²) in [5.74, 6) is 1.11. The van der Waals surface area contributed by atoms with E-state index in [4.69, 9.17) is 0 Å². The Morgan fingerprint density at radius 2 is 1.43 bits per heavy atom. The Kier molecular flexibility index (Phi) is 6.09. The summed E-state index contributed by atoms with van der Waals surface area (Å²) in [7, 11) is -3.81. The molecule has 0 aromatic heterocycles. The number of rotatable bonds is 6. The second kappa shape index (κ2) is 8.76. The van der Waals surface area contributed by atoms with Crippen LogP contribution < -0.4 is 10.0 Å². The maximum absolute atomic E-state index is 13.0. The quantitative estimate of drug-likeness (QED) is 0.697. The zero-order valence-corrected chi connectivity index (χ0v) is 17.6. The fourth-order valence-electron chi connectivity index (χ4n) is 4.43. The molecular weight excluding hydrogens is 403 g/mol. The van der Waals surface area contributed by atoms with Gasteiger partial charge in [0.25, 0.3) is 15.9 Å². The van der Waals surface area contributed by atoms with Gasteiger partial charge in [-0.15, -0.1) is 0 Å². The summed E-state index contributed by atoms with van der Waals surface area (Å²) in [5.41, 5.74) is 0.845. The Bertz CT molecular complexity index is 978. The Labute approximate surface area is 177 Å². The van der Waals surface area contributed by atoms with Crippen LogP contribution in [0.3, 0.4) is 0 Å². The van der Waals surface area contributed by atoms with Gasteiger partial charge in [-0.25, -0.2) is 12.8 Å². The number of nitrogens with one attached hydrogen (secondary N) is 2. The van der Waals surface area contributed by atoms with Crippen LogP contribution in [0.5, 0.6) is 0 Å². The van der Waals surface area contributed by atoms with E-state index in [0.29, 0.717) is 11.3 Å². The van der Waals surface area contributed by atoms with Crippen LogP contribution in [0.15, 0.2) is 53.4 Å². The highest BCUT2D eigenvalue weighted by atomic mass is 32.2. The molecule has 2 aromatic carbocycles. The first-order valence-corrected chi connectivity index (χ1v) is 12.1. The van der Waals surface area contributed by atoms with Crippen LogP contribution in [0.1, 0.15) is 55.3 Å². The van der Waals surface area contributed by atoms with Gasteiger partial charge in [-0.05, 0) is 86.1 Å². The van der Waals surface area contributed by atoms with E-state index in [1.807, 2.05) is 0 Å². The Hall–Kier alpha value is -2.41. The monoisotopic (exact) mass is 430 g/mol. The molecule has 0 saturated heterocycles. The maximum atomic E-state index is 13.0. The average molecular weight is 431 g/mol. The van der Waals surface area contributed by atoms with Gasteiger partial charge in [0.2, 0.25) is 0 Å². The van der Waals surface area contributed by atoms with Crippen molar-refractivity contribution in [3.05, 3.63) is 59.9 Å². The van der Waals surface area contributed by atoms with Crippen LogP contribution in [-0.2, 0) is 10.0 Å². The SMILES string of the molecule is O=C(NC1CCC(C2CCC2)CC1)c1ccc(NS(=O)(=O)c2ccc(F)cc2)cc1. The molecule has 0 spiro atoms. The van der Waals surface area contributed by atoms with E-state index in [1.165, 1.54) is 44.2 Å². The van der Waals surface area contributed by atoms with E-state index in [1.54, 1.807) is 24.3 Å². The Balaban J connectivity index is 1.31. The van der Waals surface area contributed by atoms with Crippen molar-refractivity contribution >= 4 is 21.6 Å². The molecule has 2 aromatic rings. The van der Waals surface area contributed by atoms with Gasteiger partial charge in [0.05, 0.1) is 4.90 Å². The van der Waals surface area contributed by atoms with Gasteiger partial charge in [0, 0.05) is 17.3 Å². The molecule has 2 saturated carbocycles. The fourth-order valence-corrected chi connectivity index (χ4v) is 5.49. The van der Waals surface area contributed by atoms with E-state index in [0.717, 1.165) is 36.8 Å². The number of benzene rings is 2. The third-order valence-electron chi connectivity index (χ3n) is 6.45. The lowest BCUT2D eigenvalue weighted by Crippen LogP contribution is -2.39. The molecule has 4 rings (SSSR count). The molecule has 2 aliphatic carbocycles. The molecule has 5 nitrogen and oxygen atoms in total. The van der Waals surface area contributed by atoms with Crippen LogP contribution in [0.4, 0.5) is 10.1 Å². The molecule has 2 N–H and O–H groups in total. The van der Waals surface area contributed by atoms with E-state index in [9.17, 15) is 17.6 Å². The molecule has 0 heterocycles. The minimum absolute atomic E-state index is 0.0248. The van der Waals surface area contributed by atoms with Crippen LogP contribution in [0.2, 0.25) is 0 Å². The highest BCUT2D eigenvalue weighted by Gasteiger charge is 2.31. The predicted molar refractivity (Wildman–Crippen MR) is 114 cm³/mol. The molecule has 2 aliphatic rings. The summed E-state index contributed by atoms with van der Waals surface area (Å²) in [6.45, 7) is 0. The molecule has 0 radical (unpaired) electrons. The number of halogens is 1. The van der Waals surface area contributed by atoms with Gasteiger partial charge in [-0.1, -0.05) is 19.3 Å². The fraction of sp³-hybridized carbons (Fsp3) is 0.435. The highest BCUT2D eigenvalue weighted by molar-refractivity contribution is 7.92. The van der Waals surface area contributed by atoms with Gasteiger partial charge in [-0.2, -0.15) is 0 Å². The highest BCUT2D eigenvalue weighted by Crippen LogP contribution is 2.40. The van der Waals surface area contributed by atoms with E-state index in [-0.39, 0.29) is 16.8 Å². The summed E-state index contributed by atoms with van der Waals surface area (Å²) in [6, 6.07) is 11.2. The van der Waals surface area contributed by atoms with Gasteiger partial charge in [-0.3, -0.25) is 9.52 Å². The summed E-state index contributed by atoms with van der Waals surface area (Å²) >= 11 is 0. The largest absolute Gasteiger partial charge is 0.349 e. The summed E-state index contributed by atoms with van der Waals surface area (Å²) in [4.78, 5) is 12.5. The molecular formula is C23H27FN2O3S. The Morgan fingerprint density at radius 3 is 2.00 bits per heavy atom. The van der Waals surface area contributed by atoms with Crippen LogP contribution in [0.25, 0.3) is 0 Å². The second-order valence-electron chi connectivity index (χ2n) is 8.41. The molecule has 0 atom stereocenters. The van der Waals surface area contributed by atoms with Crippen molar-refractivity contribution in [3.8, 4) is 0 Å². The average Bonchev–Trinajstić information content (AvgIpc) is 2.69. The standard InChI is InChI=1S/C23H27FN2O3S/c24-19-8-14-22(15-9-19)30(28,29)26-21-12-6-18(7-13-21)23(27)25-20-10-4-17(5-11-20)16-2-1-3-16/h6-9,12-17,20,26H,1-5,10-11H2,(H,25,27). The van der Waals surface area contributed by atoms with E-state index < -0.39 is 15.8 Å². The number of carbonyl (C=O) groups is 1. The lowest BCUT2D eigenvalue weighted by atomic mass is 9.69. The third-order valence-corrected chi connectivity index (χ3v) is 7.84. The Morgan fingerprint density at radius 1 is 0.833 bits per heavy atom. The smallest absolute Gasteiger partial charge is 0.261 e. The molecule has 0 unspecified atom stereocenters. The third kappa shape index (κ3) is 4.83. The molecule has 160 valence electrons. The zero-order valence-electron chi connectivity index (χ0n) is 16.8. The van der Waals surface area contributed by atoms with Gasteiger partial charge < -0.3 is 5.32 Å². The lowest BCUT2D eigenvalue weighted by molar-refractivity contribution is 0.0901. The van der Waals surface area contributed by atoms with Crippen molar-refractivity contribution in [1.29, 1.82) is 0 Å². The summed E-state index contributed by atoms with van der Waals surface area (Å²) < 4.78 is 40.2. The molecule has 1 amide bonds. The first-order valence-electron chi connectivity index (χ1n) is 10.6. The number of hydrogen-bond acceptors (Lipinski definition) is 3. The normalized spacial score (nSPS) is 22.2. The first kappa shape index (κ1) is 20.8. The minimum atomic E-state index is -3.81. The van der Waals surface area contributed by atoms with Crippen LogP contribution in [-0.4, -0.2) is 20.4 Å². The molecule has 7 heteroatoms. The molecule has 30 heavy (non-hydrogen) atoms. The van der Waals surface area contributed by atoms with Crippen molar-refractivity contribution < 1.29 is 17.6 Å². The molecule has 2 fully saturated rings. The number of amides is 1. The van der Waals surface area contributed by atoms with Crippen molar-refractivity contribution in [2.75, 3.05) is 4.72 Å². The topological polar surface area (TPSA) is 75.3 Å². The minimum Gasteiger partial charge on any atom is -0.349 e. The van der Waals surface area contributed by atoms with Crippen LogP contribution >= 0.6 is 0 Å². The summed E-state index contributed by atoms with van der Waals surface area (Å²) in [5, 5.41) is 3.12. The maximum Gasteiger partial charge on any atom is 0.261 e. The summed E-state index contributed by atoms with van der Waals surface area (Å²) in [6.07, 6.45) is 8.57. The van der Waals surface area contributed by atoms with Gasteiger partial charge >= 0.3 is 0 Å². The van der Waals surface area contributed by atoms with Crippen molar-refractivity contribution in [2.24, 2.45) is 11.8 Å². The van der Waals surface area contributed by atoms with Gasteiger partial charge in [0.1, 0.15) is 5.82 Å². The zero-order chi connectivity index (χ0) is 21.1. The lowest BCUT2D eigenvalue weighted by Gasteiger charge is -2.38.